The summed E-state index contributed by atoms with van der Waals surface area (Å²) in [5, 5.41) is 4.89. The fraction of sp³-hybridized carbons (Fsp3) is 0.370. The maximum absolute atomic E-state index is 13.2. The topological polar surface area (TPSA) is 105 Å². The van der Waals surface area contributed by atoms with E-state index < -0.39 is 10.6 Å². The summed E-state index contributed by atoms with van der Waals surface area (Å²) in [6.45, 7) is 3.79. The number of fused-ring (bicyclic) bond motifs is 1. The molecule has 6 rings (SSSR count). The van der Waals surface area contributed by atoms with Crippen molar-refractivity contribution in [2.75, 3.05) is 16.4 Å². The molecule has 2 aromatic carbocycles. The molecule has 4 heterocycles. The molecule has 11 heteroatoms. The second-order valence-electron chi connectivity index (χ2n) is 10.1. The van der Waals surface area contributed by atoms with E-state index in [4.69, 9.17) is 32.7 Å². The van der Waals surface area contributed by atoms with Crippen molar-refractivity contribution in [1.29, 1.82) is 0 Å². The van der Waals surface area contributed by atoms with Gasteiger partial charge in [-0.2, -0.15) is 10.6 Å². The van der Waals surface area contributed by atoms with E-state index in [1.165, 1.54) is 0 Å². The zero-order valence-electron chi connectivity index (χ0n) is 21.0. The number of carbonyl (C=O) groups is 1. The Hall–Kier alpha value is -2.56. The molecule has 0 spiro atoms. The third kappa shape index (κ3) is 4.40. The first-order chi connectivity index (χ1) is 18.1. The van der Waals surface area contributed by atoms with Gasteiger partial charge in [0.2, 0.25) is 5.91 Å². The number of amides is 1. The number of hydrogen-bond donors (Lipinski definition) is 2. The average molecular weight is 576 g/mol. The highest BCUT2D eigenvalue weighted by Crippen LogP contribution is 2.50. The third-order valence-electron chi connectivity index (χ3n) is 7.56. The van der Waals surface area contributed by atoms with Crippen LogP contribution in [0.3, 0.4) is 0 Å². The molecule has 200 valence electrons. The van der Waals surface area contributed by atoms with E-state index >= 15 is 0 Å². The van der Waals surface area contributed by atoms with Crippen LogP contribution in [-0.2, 0) is 4.79 Å². The number of aromatic nitrogens is 3. The zero-order chi connectivity index (χ0) is 26.8. The van der Waals surface area contributed by atoms with Crippen molar-refractivity contribution in [3.63, 3.8) is 0 Å². The first kappa shape index (κ1) is 25.7. The van der Waals surface area contributed by atoms with Crippen molar-refractivity contribution in [3.8, 4) is 11.1 Å². The number of hydrogen-bond acceptors (Lipinski definition) is 6. The molecule has 0 aliphatic carbocycles. The molecule has 2 N–H and O–H groups in total. The molecular formula is C27H28Cl2N4O4S. The van der Waals surface area contributed by atoms with Crippen LogP contribution in [0.5, 0.6) is 0 Å². The van der Waals surface area contributed by atoms with Crippen molar-refractivity contribution < 1.29 is 18.4 Å². The van der Waals surface area contributed by atoms with Gasteiger partial charge < -0.3 is 14.0 Å². The lowest BCUT2D eigenvalue weighted by Gasteiger charge is -2.41. The summed E-state index contributed by atoms with van der Waals surface area (Å²) in [5.74, 6) is 2.13. The van der Waals surface area contributed by atoms with Gasteiger partial charge in [0.15, 0.2) is 0 Å². The number of rotatable bonds is 4. The monoisotopic (exact) mass is 574 g/mol. The van der Waals surface area contributed by atoms with Gasteiger partial charge in [-0.15, -0.1) is 0 Å². The SMILES string of the molecule is Cc1noc(C)c1-c1ccc2c(c1)nc([C@@H]1CCC(=O)N1c1ccc(Cl)c(Cl)c1)n2C1CCCS(O)(O)C1. The predicted octanol–water partition coefficient (Wildman–Crippen LogP) is 7.57. The summed E-state index contributed by atoms with van der Waals surface area (Å²) in [6.07, 6.45) is 2.47. The maximum atomic E-state index is 13.2. The Balaban J connectivity index is 1.52. The molecule has 2 fully saturated rings. The van der Waals surface area contributed by atoms with Gasteiger partial charge in [-0.25, -0.2) is 4.98 Å². The van der Waals surface area contributed by atoms with Crippen molar-refractivity contribution >= 4 is 56.4 Å². The standard InChI is InChI=1S/C27H28Cl2N4O4S/c1-15-26(16(2)37-31-15)17-5-8-23-22(12-17)30-27(33(23)19-4-3-11-38(35,36)14-19)24-9-10-25(34)32(24)18-6-7-20(28)21(29)13-18/h5-8,12-13,19,24,35-36H,3-4,9-11,14H2,1-2H3/t19?,24-/m0/s1. The van der Waals surface area contributed by atoms with E-state index in [0.29, 0.717) is 40.7 Å². The largest absolute Gasteiger partial charge is 0.361 e. The zero-order valence-corrected chi connectivity index (χ0v) is 23.4. The summed E-state index contributed by atoms with van der Waals surface area (Å²) in [6, 6.07) is 10.8. The first-order valence-corrected chi connectivity index (χ1v) is 15.2. The van der Waals surface area contributed by atoms with Crippen molar-refractivity contribution in [2.24, 2.45) is 0 Å². The predicted molar refractivity (Wildman–Crippen MR) is 151 cm³/mol. The van der Waals surface area contributed by atoms with E-state index in [1.807, 2.05) is 32.0 Å². The molecule has 1 amide bonds. The molecule has 2 atom stereocenters. The molecule has 0 radical (unpaired) electrons. The summed E-state index contributed by atoms with van der Waals surface area (Å²) in [7, 11) is -2.69. The molecule has 1 unspecified atom stereocenters. The smallest absolute Gasteiger partial charge is 0.227 e. The minimum Gasteiger partial charge on any atom is -0.361 e. The Bertz CT molecular complexity index is 1550. The number of halogens is 2. The van der Waals surface area contributed by atoms with Gasteiger partial charge in [-0.3, -0.25) is 13.9 Å². The van der Waals surface area contributed by atoms with Gasteiger partial charge in [-0.1, -0.05) is 34.4 Å². The molecule has 38 heavy (non-hydrogen) atoms. The maximum Gasteiger partial charge on any atom is 0.227 e. The van der Waals surface area contributed by atoms with Gasteiger partial charge in [0, 0.05) is 23.4 Å². The van der Waals surface area contributed by atoms with Gasteiger partial charge in [0.25, 0.3) is 0 Å². The molecule has 2 saturated heterocycles. The number of benzene rings is 2. The quantitative estimate of drug-likeness (QED) is 0.260. The van der Waals surface area contributed by atoms with Crippen LogP contribution in [0, 0.1) is 13.8 Å². The Labute approximate surface area is 231 Å². The second kappa shape index (κ2) is 9.57. The van der Waals surface area contributed by atoms with Crippen LogP contribution >= 0.6 is 33.8 Å². The third-order valence-corrected chi connectivity index (χ3v) is 10.2. The minimum atomic E-state index is -2.69. The van der Waals surface area contributed by atoms with E-state index in [-0.39, 0.29) is 23.7 Å². The lowest BCUT2D eigenvalue weighted by atomic mass is 10.0. The van der Waals surface area contributed by atoms with Crippen molar-refractivity contribution in [1.82, 2.24) is 14.7 Å². The number of imidazole rings is 1. The average Bonchev–Trinajstić information content (AvgIpc) is 3.54. The number of anilines is 1. The molecule has 0 bridgehead atoms. The van der Waals surface area contributed by atoms with E-state index in [0.717, 1.165) is 45.9 Å². The highest BCUT2D eigenvalue weighted by molar-refractivity contribution is 8.24. The molecule has 2 aliphatic heterocycles. The molecule has 2 aliphatic rings. The van der Waals surface area contributed by atoms with E-state index in [1.54, 1.807) is 23.1 Å². The minimum absolute atomic E-state index is 0.0173. The highest BCUT2D eigenvalue weighted by atomic mass is 35.5. The number of carbonyl (C=O) groups excluding carboxylic acids is 1. The lowest BCUT2D eigenvalue weighted by Crippen LogP contribution is -2.32. The first-order valence-electron chi connectivity index (χ1n) is 12.6. The highest BCUT2D eigenvalue weighted by Gasteiger charge is 2.39. The summed E-state index contributed by atoms with van der Waals surface area (Å²) < 4.78 is 28.8. The van der Waals surface area contributed by atoms with Crippen LogP contribution in [0.1, 0.15) is 55.0 Å². The van der Waals surface area contributed by atoms with Crippen LogP contribution in [0.15, 0.2) is 40.9 Å². The van der Waals surface area contributed by atoms with Crippen LogP contribution in [-0.4, -0.2) is 41.2 Å². The van der Waals surface area contributed by atoms with Gasteiger partial charge in [-0.05, 0) is 69.0 Å². The van der Waals surface area contributed by atoms with Gasteiger partial charge in [0.05, 0.1) is 44.6 Å². The Kier molecular flexibility index (Phi) is 6.47. The second-order valence-corrected chi connectivity index (χ2v) is 13.3. The van der Waals surface area contributed by atoms with Gasteiger partial charge in [0.1, 0.15) is 11.6 Å². The van der Waals surface area contributed by atoms with Crippen LogP contribution < -0.4 is 4.90 Å². The van der Waals surface area contributed by atoms with E-state index in [2.05, 4.69) is 9.72 Å². The molecule has 0 saturated carbocycles. The Morgan fingerprint density at radius 3 is 2.61 bits per heavy atom. The number of aryl methyl sites for hydroxylation is 2. The summed E-state index contributed by atoms with van der Waals surface area (Å²) in [5.41, 5.74) is 5.01. The van der Waals surface area contributed by atoms with Crippen molar-refractivity contribution in [2.45, 2.75) is 51.6 Å². The molecular weight excluding hydrogens is 547 g/mol. The Morgan fingerprint density at radius 1 is 1.08 bits per heavy atom. The Morgan fingerprint density at radius 2 is 1.89 bits per heavy atom. The van der Waals surface area contributed by atoms with E-state index in [9.17, 15) is 13.9 Å². The molecule has 2 aromatic heterocycles. The van der Waals surface area contributed by atoms with Crippen LogP contribution in [0.2, 0.25) is 10.0 Å². The molecule has 8 nitrogen and oxygen atoms in total. The number of nitrogens with zero attached hydrogens (tertiary/aromatic N) is 4. The summed E-state index contributed by atoms with van der Waals surface area (Å²) in [4.78, 5) is 20.0. The normalized spacial score (nSPS) is 22.4. The molecule has 4 aromatic rings. The van der Waals surface area contributed by atoms with Gasteiger partial charge >= 0.3 is 0 Å². The van der Waals surface area contributed by atoms with Crippen LogP contribution in [0.4, 0.5) is 5.69 Å². The fourth-order valence-corrected chi connectivity index (χ4v) is 7.92. The fourth-order valence-electron chi connectivity index (χ4n) is 5.90. The van der Waals surface area contributed by atoms with Crippen molar-refractivity contribution in [3.05, 3.63) is 63.7 Å². The lowest BCUT2D eigenvalue weighted by molar-refractivity contribution is -0.117. The van der Waals surface area contributed by atoms with Crippen LogP contribution in [0.25, 0.3) is 22.2 Å². The summed E-state index contributed by atoms with van der Waals surface area (Å²) >= 11 is 12.5.